The van der Waals surface area contributed by atoms with E-state index < -0.39 is 0 Å². The third kappa shape index (κ3) is 4.45. The number of rotatable bonds is 5. The van der Waals surface area contributed by atoms with E-state index in [2.05, 4.69) is 59.6 Å². The predicted molar refractivity (Wildman–Crippen MR) is 112 cm³/mol. The van der Waals surface area contributed by atoms with Crippen LogP contribution in [0.25, 0.3) is 11.4 Å². The second-order valence-electron chi connectivity index (χ2n) is 7.31. The molecule has 0 spiro atoms. The van der Waals surface area contributed by atoms with Gasteiger partial charge < -0.3 is 10.2 Å². The molecule has 0 unspecified atom stereocenters. The quantitative estimate of drug-likeness (QED) is 0.697. The van der Waals surface area contributed by atoms with Crippen LogP contribution < -0.4 is 10.2 Å². The number of nitrogens with one attached hydrogen (secondary N) is 1. The summed E-state index contributed by atoms with van der Waals surface area (Å²) >= 11 is 0. The smallest absolute Gasteiger partial charge is 0.163 e. The Bertz CT molecular complexity index is 856. The van der Waals surface area contributed by atoms with Crippen LogP contribution in [-0.2, 0) is 6.54 Å². The number of piperidine rings is 1. The first-order valence-corrected chi connectivity index (χ1v) is 9.75. The van der Waals surface area contributed by atoms with Crippen LogP contribution in [0, 0.1) is 5.92 Å². The molecular weight excluding hydrogens is 332 g/mol. The largest absolute Gasteiger partial charge is 0.366 e. The summed E-state index contributed by atoms with van der Waals surface area (Å²) in [7, 11) is 0. The number of hydrogen-bond acceptors (Lipinski definition) is 4. The maximum absolute atomic E-state index is 4.88. The topological polar surface area (TPSA) is 41.0 Å². The Labute approximate surface area is 161 Å². The molecule has 4 nitrogen and oxygen atoms in total. The SMILES string of the molecule is CC1CCN(c2cc(NCc3ccccc3)nc(-c3ccccc3)n2)CC1. The minimum atomic E-state index is 0.753. The van der Waals surface area contributed by atoms with Crippen molar-refractivity contribution in [3.63, 3.8) is 0 Å². The van der Waals surface area contributed by atoms with Crippen LogP contribution >= 0.6 is 0 Å². The van der Waals surface area contributed by atoms with Crippen LogP contribution in [0.5, 0.6) is 0 Å². The lowest BCUT2D eigenvalue weighted by molar-refractivity contribution is 0.436. The van der Waals surface area contributed by atoms with Crippen molar-refractivity contribution in [3.8, 4) is 11.4 Å². The van der Waals surface area contributed by atoms with E-state index in [0.29, 0.717) is 0 Å². The van der Waals surface area contributed by atoms with Crippen molar-refractivity contribution in [2.75, 3.05) is 23.3 Å². The molecule has 1 aromatic heterocycles. The summed E-state index contributed by atoms with van der Waals surface area (Å²) in [6, 6.07) is 22.7. The molecule has 0 atom stereocenters. The Balaban J connectivity index is 1.62. The van der Waals surface area contributed by atoms with Gasteiger partial charge in [-0.25, -0.2) is 9.97 Å². The third-order valence-electron chi connectivity index (χ3n) is 5.17. The minimum Gasteiger partial charge on any atom is -0.366 e. The molecule has 1 aliphatic heterocycles. The van der Waals surface area contributed by atoms with Gasteiger partial charge in [0.25, 0.3) is 0 Å². The van der Waals surface area contributed by atoms with Gasteiger partial charge >= 0.3 is 0 Å². The second-order valence-corrected chi connectivity index (χ2v) is 7.31. The molecule has 1 aliphatic rings. The zero-order chi connectivity index (χ0) is 18.5. The van der Waals surface area contributed by atoms with E-state index >= 15 is 0 Å². The number of benzene rings is 2. The van der Waals surface area contributed by atoms with Crippen molar-refractivity contribution in [3.05, 3.63) is 72.3 Å². The Morgan fingerprint density at radius 3 is 2.30 bits per heavy atom. The lowest BCUT2D eigenvalue weighted by atomic mass is 9.99. The van der Waals surface area contributed by atoms with Gasteiger partial charge in [0.1, 0.15) is 11.6 Å². The number of aromatic nitrogens is 2. The Hall–Kier alpha value is -2.88. The van der Waals surface area contributed by atoms with Gasteiger partial charge in [-0.1, -0.05) is 67.6 Å². The maximum Gasteiger partial charge on any atom is 0.163 e. The van der Waals surface area contributed by atoms with Crippen molar-refractivity contribution in [1.29, 1.82) is 0 Å². The summed E-state index contributed by atoms with van der Waals surface area (Å²) in [6.45, 7) is 5.21. The van der Waals surface area contributed by atoms with Gasteiger partial charge in [-0.2, -0.15) is 0 Å². The fourth-order valence-corrected chi connectivity index (χ4v) is 3.43. The van der Waals surface area contributed by atoms with Crippen molar-refractivity contribution >= 4 is 11.6 Å². The molecule has 27 heavy (non-hydrogen) atoms. The Morgan fingerprint density at radius 2 is 1.59 bits per heavy atom. The molecule has 0 aliphatic carbocycles. The van der Waals surface area contributed by atoms with Crippen LogP contribution in [0.4, 0.5) is 11.6 Å². The molecule has 0 saturated carbocycles. The molecule has 2 aromatic carbocycles. The Morgan fingerprint density at radius 1 is 0.926 bits per heavy atom. The molecule has 138 valence electrons. The van der Waals surface area contributed by atoms with Gasteiger partial charge in [0, 0.05) is 31.3 Å². The molecule has 0 amide bonds. The highest BCUT2D eigenvalue weighted by Gasteiger charge is 2.18. The lowest BCUT2D eigenvalue weighted by Crippen LogP contribution is -2.33. The van der Waals surface area contributed by atoms with Gasteiger partial charge in [-0.15, -0.1) is 0 Å². The van der Waals surface area contributed by atoms with Gasteiger partial charge in [0.05, 0.1) is 0 Å². The number of anilines is 2. The zero-order valence-electron chi connectivity index (χ0n) is 15.8. The first-order chi connectivity index (χ1) is 13.3. The molecule has 1 N–H and O–H groups in total. The maximum atomic E-state index is 4.88. The van der Waals surface area contributed by atoms with E-state index in [1.165, 1.54) is 18.4 Å². The molecule has 4 rings (SSSR count). The molecule has 0 radical (unpaired) electrons. The molecule has 1 saturated heterocycles. The minimum absolute atomic E-state index is 0.753. The summed E-state index contributed by atoms with van der Waals surface area (Å²) in [5.41, 5.74) is 2.29. The van der Waals surface area contributed by atoms with Crippen LogP contribution in [0.1, 0.15) is 25.3 Å². The normalized spacial score (nSPS) is 14.9. The average molecular weight is 358 g/mol. The lowest BCUT2D eigenvalue weighted by Gasteiger charge is -2.31. The van der Waals surface area contributed by atoms with Crippen LogP contribution in [0.3, 0.4) is 0 Å². The van der Waals surface area contributed by atoms with Crippen LogP contribution in [0.2, 0.25) is 0 Å². The van der Waals surface area contributed by atoms with E-state index in [0.717, 1.165) is 48.6 Å². The molecule has 3 aromatic rings. The Kier molecular flexibility index (Phi) is 5.33. The fourth-order valence-electron chi connectivity index (χ4n) is 3.43. The molecule has 2 heterocycles. The highest BCUT2D eigenvalue weighted by Crippen LogP contribution is 2.26. The summed E-state index contributed by atoms with van der Waals surface area (Å²) in [5.74, 6) is 3.47. The molecule has 1 fully saturated rings. The van der Waals surface area contributed by atoms with Crippen molar-refractivity contribution < 1.29 is 0 Å². The highest BCUT2D eigenvalue weighted by atomic mass is 15.2. The predicted octanol–water partition coefficient (Wildman–Crippen LogP) is 4.99. The summed E-state index contributed by atoms with van der Waals surface area (Å²) in [4.78, 5) is 12.1. The molecular formula is C23H26N4. The average Bonchev–Trinajstić information content (AvgIpc) is 2.74. The van der Waals surface area contributed by atoms with E-state index in [-0.39, 0.29) is 0 Å². The highest BCUT2D eigenvalue weighted by molar-refractivity contribution is 5.62. The van der Waals surface area contributed by atoms with Crippen LogP contribution in [0.15, 0.2) is 66.7 Å². The summed E-state index contributed by atoms with van der Waals surface area (Å²) < 4.78 is 0. The van der Waals surface area contributed by atoms with Crippen LogP contribution in [-0.4, -0.2) is 23.1 Å². The third-order valence-corrected chi connectivity index (χ3v) is 5.17. The zero-order valence-corrected chi connectivity index (χ0v) is 15.8. The molecule has 4 heteroatoms. The summed E-state index contributed by atoms with van der Waals surface area (Å²) in [6.07, 6.45) is 2.44. The van der Waals surface area contributed by atoms with Crippen molar-refractivity contribution in [1.82, 2.24) is 9.97 Å². The van der Waals surface area contributed by atoms with Gasteiger partial charge in [-0.05, 0) is 24.3 Å². The van der Waals surface area contributed by atoms with Gasteiger partial charge in [0.15, 0.2) is 5.82 Å². The van der Waals surface area contributed by atoms with Crippen molar-refractivity contribution in [2.45, 2.75) is 26.3 Å². The molecule has 0 bridgehead atoms. The first-order valence-electron chi connectivity index (χ1n) is 9.75. The van der Waals surface area contributed by atoms with Gasteiger partial charge in [-0.3, -0.25) is 0 Å². The monoisotopic (exact) mass is 358 g/mol. The van der Waals surface area contributed by atoms with E-state index in [1.54, 1.807) is 0 Å². The number of nitrogens with zero attached hydrogens (tertiary/aromatic N) is 3. The second kappa shape index (κ2) is 8.21. The van der Waals surface area contributed by atoms with Gasteiger partial charge in [0.2, 0.25) is 0 Å². The van der Waals surface area contributed by atoms with E-state index in [4.69, 9.17) is 9.97 Å². The number of hydrogen-bond donors (Lipinski definition) is 1. The van der Waals surface area contributed by atoms with E-state index in [1.807, 2.05) is 24.3 Å². The summed E-state index contributed by atoms with van der Waals surface area (Å²) in [5, 5.41) is 3.48. The standard InChI is InChI=1S/C23H26N4/c1-18-12-14-27(15-13-18)22-16-21(24-17-19-8-4-2-5-9-19)25-23(26-22)20-10-6-3-7-11-20/h2-11,16,18H,12-15,17H2,1H3,(H,24,25,26). The van der Waals surface area contributed by atoms with E-state index in [9.17, 15) is 0 Å². The fraction of sp³-hybridized carbons (Fsp3) is 0.304. The first kappa shape index (κ1) is 17.5. The van der Waals surface area contributed by atoms with Crippen molar-refractivity contribution in [2.24, 2.45) is 5.92 Å².